The van der Waals surface area contributed by atoms with Crippen LogP contribution in [0, 0.1) is 11.8 Å². The van der Waals surface area contributed by atoms with Gasteiger partial charge >= 0.3 is 0 Å². The van der Waals surface area contributed by atoms with Gasteiger partial charge in [0.2, 0.25) is 11.8 Å². The Balaban J connectivity index is 1.43. The molecule has 2 amide bonds. The molecule has 2 heterocycles. The van der Waals surface area contributed by atoms with Gasteiger partial charge in [-0.2, -0.15) is 0 Å². The highest BCUT2D eigenvalue weighted by atomic mass is 16.2. The quantitative estimate of drug-likeness (QED) is 0.842. The van der Waals surface area contributed by atoms with Gasteiger partial charge in [-0.3, -0.25) is 19.4 Å². The molecule has 3 atom stereocenters. The molecule has 0 unspecified atom stereocenters. The fraction of sp³-hybridized carbons (Fsp3) is 0.636. The number of hydrogen-bond donors (Lipinski definition) is 1. The molecule has 2 fully saturated rings. The van der Waals surface area contributed by atoms with E-state index in [-0.39, 0.29) is 17.9 Å². The molecular formula is C22H34N4O2. The van der Waals surface area contributed by atoms with Crippen molar-refractivity contribution in [3.05, 3.63) is 30.3 Å². The highest BCUT2D eigenvalue weighted by molar-refractivity contribution is 5.94. The molecule has 0 saturated carbocycles. The van der Waals surface area contributed by atoms with E-state index in [1.54, 1.807) is 0 Å². The minimum Gasteiger partial charge on any atom is -0.341 e. The number of likely N-dealkylation sites (tertiary alicyclic amines) is 1. The van der Waals surface area contributed by atoms with Crippen LogP contribution in [0.15, 0.2) is 30.3 Å². The van der Waals surface area contributed by atoms with Crippen molar-refractivity contribution < 1.29 is 9.59 Å². The Morgan fingerprint density at radius 2 is 1.64 bits per heavy atom. The number of carbonyl (C=O) groups is 2. The average molecular weight is 387 g/mol. The number of piperazine rings is 1. The lowest BCUT2D eigenvalue weighted by atomic mass is 9.92. The molecule has 2 aliphatic rings. The summed E-state index contributed by atoms with van der Waals surface area (Å²) >= 11 is 0. The van der Waals surface area contributed by atoms with Crippen LogP contribution in [0.3, 0.4) is 0 Å². The number of hydrogen-bond acceptors (Lipinski definition) is 4. The van der Waals surface area contributed by atoms with Crippen LogP contribution in [0.25, 0.3) is 0 Å². The van der Waals surface area contributed by atoms with Crippen molar-refractivity contribution in [1.82, 2.24) is 14.7 Å². The first kappa shape index (κ1) is 20.8. The van der Waals surface area contributed by atoms with Crippen LogP contribution in [0.4, 0.5) is 5.69 Å². The third kappa shape index (κ3) is 5.55. The summed E-state index contributed by atoms with van der Waals surface area (Å²) in [6, 6.07) is 9.39. The molecule has 1 aromatic carbocycles. The Labute approximate surface area is 168 Å². The molecule has 154 valence electrons. The maximum Gasteiger partial charge on any atom is 0.241 e. The zero-order valence-corrected chi connectivity index (χ0v) is 17.4. The molecule has 1 aromatic rings. The van der Waals surface area contributed by atoms with E-state index in [1.165, 1.54) is 6.42 Å². The number of carbonyl (C=O) groups excluding carboxylic acids is 2. The smallest absolute Gasteiger partial charge is 0.241 e. The summed E-state index contributed by atoms with van der Waals surface area (Å²) in [5, 5.41) is 2.98. The summed E-state index contributed by atoms with van der Waals surface area (Å²) in [5.41, 5.74) is 0.827. The maximum atomic E-state index is 12.7. The Hall–Kier alpha value is -1.92. The number of amides is 2. The molecule has 6 nitrogen and oxygen atoms in total. The minimum absolute atomic E-state index is 0.0204. The van der Waals surface area contributed by atoms with E-state index in [0.717, 1.165) is 45.0 Å². The van der Waals surface area contributed by atoms with Crippen LogP contribution < -0.4 is 5.32 Å². The lowest BCUT2D eigenvalue weighted by Crippen LogP contribution is -2.55. The second kappa shape index (κ2) is 9.52. The number of para-hydroxylation sites is 1. The Kier molecular flexibility index (Phi) is 7.08. The average Bonchev–Trinajstić information content (AvgIpc) is 2.68. The lowest BCUT2D eigenvalue weighted by molar-refractivity contribution is -0.136. The van der Waals surface area contributed by atoms with E-state index >= 15 is 0 Å². The zero-order chi connectivity index (χ0) is 20.1. The summed E-state index contributed by atoms with van der Waals surface area (Å²) in [6.45, 7) is 12.0. The fourth-order valence-electron chi connectivity index (χ4n) is 4.40. The topological polar surface area (TPSA) is 55.9 Å². The molecule has 2 aliphatic heterocycles. The van der Waals surface area contributed by atoms with Gasteiger partial charge in [0.1, 0.15) is 0 Å². The predicted octanol–water partition coefficient (Wildman–Crippen LogP) is 2.14. The Bertz CT molecular complexity index is 648. The second-order valence-corrected chi connectivity index (χ2v) is 8.59. The number of nitrogens with one attached hydrogen (secondary N) is 1. The van der Waals surface area contributed by atoms with E-state index in [4.69, 9.17) is 0 Å². The highest BCUT2D eigenvalue weighted by Gasteiger charge is 2.29. The van der Waals surface area contributed by atoms with Crippen molar-refractivity contribution in [3.63, 3.8) is 0 Å². The first-order valence-electron chi connectivity index (χ1n) is 10.5. The van der Waals surface area contributed by atoms with Crippen molar-refractivity contribution in [2.75, 3.05) is 51.1 Å². The van der Waals surface area contributed by atoms with Gasteiger partial charge in [0.25, 0.3) is 0 Å². The molecule has 0 aromatic heterocycles. The third-order valence-electron chi connectivity index (χ3n) is 5.96. The fourth-order valence-corrected chi connectivity index (χ4v) is 4.40. The maximum absolute atomic E-state index is 12.7. The molecule has 3 rings (SSSR count). The van der Waals surface area contributed by atoms with Gasteiger partial charge in [0, 0.05) is 45.0 Å². The van der Waals surface area contributed by atoms with Gasteiger partial charge in [-0.25, -0.2) is 0 Å². The molecule has 0 radical (unpaired) electrons. The van der Waals surface area contributed by atoms with Crippen LogP contribution in [-0.4, -0.2) is 78.4 Å². The number of rotatable bonds is 5. The molecule has 28 heavy (non-hydrogen) atoms. The Morgan fingerprint density at radius 1 is 1.04 bits per heavy atom. The van der Waals surface area contributed by atoms with Gasteiger partial charge in [0.05, 0.1) is 12.6 Å². The normalized spacial score (nSPS) is 25.3. The summed E-state index contributed by atoms with van der Waals surface area (Å²) in [7, 11) is 0. The summed E-state index contributed by atoms with van der Waals surface area (Å²) < 4.78 is 0. The third-order valence-corrected chi connectivity index (χ3v) is 5.96. The summed E-state index contributed by atoms with van der Waals surface area (Å²) in [6.07, 6.45) is 1.21. The van der Waals surface area contributed by atoms with Crippen LogP contribution >= 0.6 is 0 Å². The first-order valence-corrected chi connectivity index (χ1v) is 10.5. The number of anilines is 1. The van der Waals surface area contributed by atoms with Crippen molar-refractivity contribution >= 4 is 17.5 Å². The van der Waals surface area contributed by atoms with Gasteiger partial charge in [-0.05, 0) is 37.3 Å². The van der Waals surface area contributed by atoms with Crippen molar-refractivity contribution in [3.8, 4) is 0 Å². The monoisotopic (exact) mass is 386 g/mol. The predicted molar refractivity (Wildman–Crippen MR) is 112 cm³/mol. The van der Waals surface area contributed by atoms with E-state index in [0.29, 0.717) is 18.4 Å². The van der Waals surface area contributed by atoms with Gasteiger partial charge in [-0.1, -0.05) is 32.0 Å². The molecule has 0 aliphatic carbocycles. The van der Waals surface area contributed by atoms with Crippen LogP contribution in [-0.2, 0) is 9.59 Å². The number of piperidine rings is 1. The van der Waals surface area contributed by atoms with Gasteiger partial charge in [0.15, 0.2) is 0 Å². The number of nitrogens with zero attached hydrogens (tertiary/aromatic N) is 3. The highest BCUT2D eigenvalue weighted by Crippen LogP contribution is 2.21. The largest absolute Gasteiger partial charge is 0.341 e. The van der Waals surface area contributed by atoms with Gasteiger partial charge in [-0.15, -0.1) is 0 Å². The SMILES string of the molecule is C[C@@H]1C[C@@H](C)CN(C(=O)CN2CCN([C@H](C)C(=O)Nc3ccccc3)CC2)C1. The second-order valence-electron chi connectivity index (χ2n) is 8.59. The molecule has 6 heteroatoms. The summed E-state index contributed by atoms with van der Waals surface area (Å²) in [4.78, 5) is 31.7. The molecule has 0 spiro atoms. The van der Waals surface area contributed by atoms with Crippen molar-refractivity contribution in [1.29, 1.82) is 0 Å². The van der Waals surface area contributed by atoms with E-state index in [2.05, 4.69) is 29.0 Å². The summed E-state index contributed by atoms with van der Waals surface area (Å²) in [5.74, 6) is 1.45. The van der Waals surface area contributed by atoms with Crippen LogP contribution in [0.1, 0.15) is 27.2 Å². The van der Waals surface area contributed by atoms with Crippen LogP contribution in [0.2, 0.25) is 0 Å². The Morgan fingerprint density at radius 3 is 2.25 bits per heavy atom. The molecule has 2 saturated heterocycles. The first-order chi connectivity index (χ1) is 13.4. The van der Waals surface area contributed by atoms with Crippen LogP contribution in [0.5, 0.6) is 0 Å². The lowest BCUT2D eigenvalue weighted by Gasteiger charge is -2.39. The molecular weight excluding hydrogens is 352 g/mol. The van der Waals surface area contributed by atoms with E-state index in [9.17, 15) is 9.59 Å². The van der Waals surface area contributed by atoms with E-state index < -0.39 is 0 Å². The van der Waals surface area contributed by atoms with Crippen molar-refractivity contribution in [2.45, 2.75) is 33.2 Å². The molecule has 0 bridgehead atoms. The van der Waals surface area contributed by atoms with Gasteiger partial charge < -0.3 is 10.2 Å². The van der Waals surface area contributed by atoms with Crippen molar-refractivity contribution in [2.24, 2.45) is 11.8 Å². The number of benzene rings is 1. The standard InChI is InChI=1S/C22H34N4O2/c1-17-13-18(2)15-26(14-17)21(27)16-24-9-11-25(12-10-24)19(3)22(28)23-20-7-5-4-6-8-20/h4-8,17-19H,9-16H2,1-3H3,(H,23,28)/t17-,18-,19-/m1/s1. The minimum atomic E-state index is -0.179. The zero-order valence-electron chi connectivity index (χ0n) is 17.4. The van der Waals surface area contributed by atoms with E-state index in [1.807, 2.05) is 42.2 Å². The molecule has 1 N–H and O–H groups in total.